The van der Waals surface area contributed by atoms with Gasteiger partial charge in [0.05, 0.1) is 5.52 Å². The molecule has 0 aliphatic rings. The Morgan fingerprint density at radius 3 is 2.85 bits per heavy atom. The predicted octanol–water partition coefficient (Wildman–Crippen LogP) is 2.35. The average molecular weight is 241 g/mol. The first-order valence-corrected chi connectivity index (χ1v) is 4.70. The van der Waals surface area contributed by atoms with Crippen LogP contribution >= 0.6 is 15.9 Å². The molecule has 0 saturated heterocycles. The summed E-state index contributed by atoms with van der Waals surface area (Å²) < 4.78 is 2.72. The van der Waals surface area contributed by atoms with Gasteiger partial charge in [-0.1, -0.05) is 15.9 Å². The zero-order valence-electron chi connectivity index (χ0n) is 7.37. The third-order valence-corrected chi connectivity index (χ3v) is 2.60. The van der Waals surface area contributed by atoms with Crippen LogP contribution < -0.4 is 0 Å². The maximum atomic E-state index is 9.66. The van der Waals surface area contributed by atoms with E-state index in [0.717, 1.165) is 21.3 Å². The van der Waals surface area contributed by atoms with Gasteiger partial charge in [0.25, 0.3) is 0 Å². The van der Waals surface area contributed by atoms with Crippen LogP contribution in [-0.4, -0.2) is 14.7 Å². The highest BCUT2D eigenvalue weighted by molar-refractivity contribution is 9.10. The van der Waals surface area contributed by atoms with Gasteiger partial charge in [-0.2, -0.15) is 0 Å². The lowest BCUT2D eigenvalue weighted by atomic mass is 10.3. The van der Waals surface area contributed by atoms with Gasteiger partial charge in [-0.25, -0.2) is 4.98 Å². The molecule has 0 saturated carbocycles. The minimum absolute atomic E-state index is 0.257. The van der Waals surface area contributed by atoms with Gasteiger partial charge in [0.2, 0.25) is 0 Å². The van der Waals surface area contributed by atoms with E-state index in [-0.39, 0.29) is 5.75 Å². The summed E-state index contributed by atoms with van der Waals surface area (Å²) in [6, 6.07) is 3.56. The second-order valence-corrected chi connectivity index (χ2v) is 3.93. The van der Waals surface area contributed by atoms with E-state index in [2.05, 4.69) is 20.9 Å². The summed E-state index contributed by atoms with van der Waals surface area (Å²) in [5.74, 6) is 1.15. The lowest BCUT2D eigenvalue weighted by molar-refractivity contribution is 0.478. The number of imidazole rings is 1. The molecule has 3 nitrogen and oxygen atoms in total. The number of phenols is 1. The Labute approximate surface area is 84.1 Å². The molecule has 1 aromatic heterocycles. The summed E-state index contributed by atoms with van der Waals surface area (Å²) in [6.45, 7) is 1.91. The molecule has 68 valence electrons. The predicted molar refractivity (Wildman–Crippen MR) is 54.8 cm³/mol. The molecular formula is C9H9BrN2O. The van der Waals surface area contributed by atoms with Gasteiger partial charge >= 0.3 is 0 Å². The Bertz CT molecular complexity index is 476. The first kappa shape index (κ1) is 8.56. The molecular weight excluding hydrogens is 232 g/mol. The van der Waals surface area contributed by atoms with Gasteiger partial charge in [-0.15, -0.1) is 0 Å². The summed E-state index contributed by atoms with van der Waals surface area (Å²) in [6.07, 6.45) is 0. The van der Waals surface area contributed by atoms with E-state index in [9.17, 15) is 5.11 Å². The molecule has 0 atom stereocenters. The van der Waals surface area contributed by atoms with Gasteiger partial charge in [-0.05, 0) is 19.1 Å². The Kier molecular flexibility index (Phi) is 1.80. The summed E-state index contributed by atoms with van der Waals surface area (Å²) in [7, 11) is 1.89. The number of halogens is 1. The number of nitrogens with zero attached hydrogens (tertiary/aromatic N) is 2. The van der Waals surface area contributed by atoms with Crippen molar-refractivity contribution in [1.82, 2.24) is 9.55 Å². The Hall–Kier alpha value is -1.03. The van der Waals surface area contributed by atoms with Crippen LogP contribution in [0, 0.1) is 6.92 Å². The molecule has 1 heterocycles. The highest BCUT2D eigenvalue weighted by Gasteiger charge is 2.08. The van der Waals surface area contributed by atoms with E-state index < -0.39 is 0 Å². The number of fused-ring (bicyclic) bond motifs is 1. The molecule has 2 aromatic rings. The lowest BCUT2D eigenvalue weighted by Crippen LogP contribution is -1.90. The summed E-state index contributed by atoms with van der Waals surface area (Å²) in [4.78, 5) is 4.31. The maximum absolute atomic E-state index is 9.66. The van der Waals surface area contributed by atoms with Crippen molar-refractivity contribution in [2.75, 3.05) is 0 Å². The third-order valence-electron chi connectivity index (χ3n) is 2.14. The Morgan fingerprint density at radius 1 is 1.46 bits per heavy atom. The van der Waals surface area contributed by atoms with Crippen LogP contribution in [0.3, 0.4) is 0 Å². The third kappa shape index (κ3) is 1.21. The van der Waals surface area contributed by atoms with Crippen molar-refractivity contribution >= 4 is 27.0 Å². The Morgan fingerprint density at radius 2 is 2.15 bits per heavy atom. The van der Waals surface area contributed by atoms with E-state index in [1.54, 1.807) is 6.07 Å². The molecule has 0 unspecified atom stereocenters. The number of aromatic hydroxyl groups is 1. The van der Waals surface area contributed by atoms with Crippen LogP contribution in [0.5, 0.6) is 5.75 Å². The molecule has 1 N–H and O–H groups in total. The number of rotatable bonds is 0. The van der Waals surface area contributed by atoms with E-state index >= 15 is 0 Å². The quantitative estimate of drug-likeness (QED) is 0.768. The van der Waals surface area contributed by atoms with E-state index in [1.807, 2.05) is 24.6 Å². The topological polar surface area (TPSA) is 38.1 Å². The monoisotopic (exact) mass is 240 g/mol. The highest BCUT2D eigenvalue weighted by atomic mass is 79.9. The second-order valence-electron chi connectivity index (χ2n) is 3.01. The van der Waals surface area contributed by atoms with Gasteiger partial charge < -0.3 is 9.67 Å². The molecule has 13 heavy (non-hydrogen) atoms. The van der Waals surface area contributed by atoms with E-state index in [1.165, 1.54) is 0 Å². The van der Waals surface area contributed by atoms with E-state index in [4.69, 9.17) is 0 Å². The maximum Gasteiger partial charge on any atom is 0.142 e. The smallest absolute Gasteiger partial charge is 0.142 e. The van der Waals surface area contributed by atoms with Gasteiger partial charge in [0.1, 0.15) is 17.1 Å². The minimum Gasteiger partial charge on any atom is -0.506 e. The van der Waals surface area contributed by atoms with Crippen LogP contribution in [0.2, 0.25) is 0 Å². The van der Waals surface area contributed by atoms with Crippen molar-refractivity contribution in [2.24, 2.45) is 7.05 Å². The first-order chi connectivity index (χ1) is 6.09. The first-order valence-electron chi connectivity index (χ1n) is 3.91. The summed E-state index contributed by atoms with van der Waals surface area (Å²) >= 11 is 3.31. The number of phenolic OH excluding ortho intramolecular Hbond substituents is 1. The second kappa shape index (κ2) is 2.73. The van der Waals surface area contributed by atoms with Crippen molar-refractivity contribution in [3.05, 3.63) is 22.4 Å². The number of aromatic nitrogens is 2. The van der Waals surface area contributed by atoms with Crippen molar-refractivity contribution < 1.29 is 5.11 Å². The number of benzene rings is 1. The molecule has 0 aliphatic heterocycles. The summed E-state index contributed by atoms with van der Waals surface area (Å²) in [5.41, 5.74) is 1.59. The highest BCUT2D eigenvalue weighted by Crippen LogP contribution is 2.28. The molecule has 0 fully saturated rings. The number of hydrogen-bond donors (Lipinski definition) is 1. The number of hydrogen-bond acceptors (Lipinski definition) is 2. The van der Waals surface area contributed by atoms with Gasteiger partial charge in [0, 0.05) is 11.5 Å². The van der Waals surface area contributed by atoms with Crippen molar-refractivity contribution in [1.29, 1.82) is 0 Å². The zero-order valence-corrected chi connectivity index (χ0v) is 8.96. The van der Waals surface area contributed by atoms with Gasteiger partial charge in [-0.3, -0.25) is 0 Å². The molecule has 0 bridgehead atoms. The van der Waals surface area contributed by atoms with Crippen LogP contribution in [0.1, 0.15) is 5.82 Å². The zero-order chi connectivity index (χ0) is 9.59. The average Bonchev–Trinajstić information content (AvgIpc) is 2.27. The van der Waals surface area contributed by atoms with Crippen LogP contribution in [0.15, 0.2) is 16.6 Å². The number of aryl methyl sites for hydroxylation is 2. The minimum atomic E-state index is 0.257. The SMILES string of the molecule is Cc1nc2cc(Br)cc(O)c2n1C. The lowest BCUT2D eigenvalue weighted by Gasteiger charge is -1.99. The standard InChI is InChI=1S/C9H9BrN2O/c1-5-11-7-3-6(10)4-8(13)9(7)12(5)2/h3-4,13H,1-2H3. The summed E-state index contributed by atoms with van der Waals surface area (Å²) in [5, 5.41) is 9.66. The Balaban J connectivity index is 2.94. The van der Waals surface area contributed by atoms with Crippen molar-refractivity contribution in [2.45, 2.75) is 6.92 Å². The normalized spacial score (nSPS) is 11.0. The molecule has 0 aliphatic carbocycles. The molecule has 0 amide bonds. The van der Waals surface area contributed by atoms with Gasteiger partial charge in [0.15, 0.2) is 0 Å². The van der Waals surface area contributed by atoms with E-state index in [0.29, 0.717) is 0 Å². The fraction of sp³-hybridized carbons (Fsp3) is 0.222. The molecule has 4 heteroatoms. The molecule has 2 rings (SSSR count). The van der Waals surface area contributed by atoms with Crippen LogP contribution in [0.25, 0.3) is 11.0 Å². The van der Waals surface area contributed by atoms with Crippen LogP contribution in [0.4, 0.5) is 0 Å². The molecule has 1 aromatic carbocycles. The fourth-order valence-corrected chi connectivity index (χ4v) is 1.84. The largest absolute Gasteiger partial charge is 0.506 e. The molecule has 0 spiro atoms. The van der Waals surface area contributed by atoms with Crippen molar-refractivity contribution in [3.8, 4) is 5.75 Å². The van der Waals surface area contributed by atoms with Crippen molar-refractivity contribution in [3.63, 3.8) is 0 Å². The fourth-order valence-electron chi connectivity index (χ4n) is 1.41. The van der Waals surface area contributed by atoms with Crippen LogP contribution in [-0.2, 0) is 7.05 Å². The molecule has 0 radical (unpaired) electrons.